The molecule has 15 N–H and O–H groups in total. The van der Waals surface area contributed by atoms with Crippen LogP contribution in [0, 0.1) is 0 Å². The second kappa shape index (κ2) is 33.0. The number of aliphatic hydroxyl groups excluding tert-OH is 1. The van der Waals surface area contributed by atoms with E-state index in [1.807, 2.05) is 16.1 Å². The molecular weight excluding hydrogens is 1470 g/mol. The summed E-state index contributed by atoms with van der Waals surface area (Å²) in [6.45, 7) is 8.42. The van der Waals surface area contributed by atoms with E-state index in [2.05, 4.69) is 49.2 Å². The molecule has 0 saturated carbocycles. The van der Waals surface area contributed by atoms with Gasteiger partial charge in [-0.1, -0.05) is 92.9 Å². The number of alkyl carbamates (subject to hydrolysis) is 1. The van der Waals surface area contributed by atoms with Crippen molar-refractivity contribution >= 4 is 76.9 Å². The van der Waals surface area contributed by atoms with Crippen molar-refractivity contribution in [3.63, 3.8) is 0 Å². The number of aliphatic hydroxyl groups is 1. The number of aromatic hydroxyl groups is 6. The molecule has 30 nitrogen and oxygen atoms in total. The number of carboxylic acids is 1. The van der Waals surface area contributed by atoms with Gasteiger partial charge in [0, 0.05) is 68.1 Å². The molecule has 14 rings (SSSR count). The van der Waals surface area contributed by atoms with Crippen LogP contribution in [-0.2, 0) is 51.3 Å². The number of nitrogens with one attached hydrogen (secondary N) is 7. The average Bonchev–Trinajstić information content (AvgIpc) is 0.752. The van der Waals surface area contributed by atoms with E-state index in [9.17, 15) is 55.2 Å². The van der Waals surface area contributed by atoms with Gasteiger partial charge in [-0.3, -0.25) is 38.7 Å². The molecule has 17 bridgehead atoms. The largest absolute Gasteiger partial charge is 0.508 e. The first kappa shape index (κ1) is 77.9. The van der Waals surface area contributed by atoms with Crippen LogP contribution in [0.5, 0.6) is 69.0 Å². The summed E-state index contributed by atoms with van der Waals surface area (Å²) in [4.78, 5) is 122. The standard InChI is InChI=1S/C78H82Cl2N10O20/c1-5-6-7-8-9-10-11-12-21-81-90-24-22-89(23-25-90)37-48-54(94)36-47-60(68(48)96)46-30-39(14-17-52(46)92)61-72(100)87-66(75(103)86-65(47)76(104)105)67(95)41-16-20-56(50(80)31-41)109-59-34-43-33-58(69(59)97)108-55-19-13-38(26-49(55)79)27-51-70(98)83-63(73(101)85-64(43)74(102)84-61)42-28-44(91)35-45(29-42)107-57-32-40(15-18-53(57)93)62(71(99)82-51)88-77(106)110-78(2,3)4/h13-21,26,28-36,51,61-67,91-97H,5-12,22-25,27,37H2,1-4H3,(H,82,99)(H,83,98)(H,84,102)(H,85,101)(H,86,103)(H,87,100)(H,88,106)(H,104,105)/b81-21+/t51-,61-,62-,63-,64-,65-,66-,67?/m0/s1. The lowest BCUT2D eigenvalue weighted by Crippen LogP contribution is -2.55. The molecule has 0 radical (unpaired) electrons. The third-order valence-electron chi connectivity index (χ3n) is 19.3. The minimum atomic E-state index is -2.24. The van der Waals surface area contributed by atoms with Crippen molar-refractivity contribution in [2.24, 2.45) is 5.10 Å². The minimum Gasteiger partial charge on any atom is -0.508 e. The zero-order valence-electron chi connectivity index (χ0n) is 60.1. The highest BCUT2D eigenvalue weighted by atomic mass is 35.5. The number of nitrogens with zero attached hydrogens (tertiary/aromatic N) is 3. The van der Waals surface area contributed by atoms with Gasteiger partial charge < -0.3 is 97.0 Å². The first-order valence-corrected chi connectivity index (χ1v) is 36.5. The van der Waals surface area contributed by atoms with Crippen LogP contribution in [0.1, 0.15) is 160 Å². The van der Waals surface area contributed by atoms with E-state index in [4.69, 9.17) is 42.1 Å². The third kappa shape index (κ3) is 17.7. The first-order valence-electron chi connectivity index (χ1n) is 35.8. The van der Waals surface area contributed by atoms with Crippen molar-refractivity contribution in [3.8, 4) is 80.1 Å². The van der Waals surface area contributed by atoms with Crippen molar-refractivity contribution in [2.75, 3.05) is 26.2 Å². The number of benzene rings is 7. The predicted molar refractivity (Wildman–Crippen MR) is 398 cm³/mol. The molecule has 7 aromatic rings. The van der Waals surface area contributed by atoms with Crippen LogP contribution in [0.3, 0.4) is 0 Å². The lowest BCUT2D eigenvalue weighted by molar-refractivity contribution is -0.143. The molecule has 8 atom stereocenters. The molecule has 578 valence electrons. The number of ether oxygens (including phenoxy) is 4. The molecule has 110 heavy (non-hydrogen) atoms. The molecule has 7 amide bonds. The highest BCUT2D eigenvalue weighted by Crippen LogP contribution is 2.50. The number of fused-ring (bicyclic) bond motifs is 14. The van der Waals surface area contributed by atoms with Crippen molar-refractivity contribution in [3.05, 3.63) is 164 Å². The number of hydrogen-bond donors (Lipinski definition) is 15. The highest BCUT2D eigenvalue weighted by Gasteiger charge is 2.43. The van der Waals surface area contributed by atoms with Gasteiger partial charge in [0.05, 0.1) is 15.6 Å². The number of phenols is 6. The van der Waals surface area contributed by atoms with Gasteiger partial charge in [-0.15, -0.1) is 0 Å². The zero-order chi connectivity index (χ0) is 78.6. The van der Waals surface area contributed by atoms with Crippen LogP contribution in [0.25, 0.3) is 11.1 Å². The van der Waals surface area contributed by atoms with E-state index in [0.717, 1.165) is 86.3 Å². The van der Waals surface area contributed by atoms with Crippen LogP contribution >= 0.6 is 23.2 Å². The van der Waals surface area contributed by atoms with E-state index in [1.54, 1.807) is 20.8 Å². The third-order valence-corrected chi connectivity index (χ3v) is 19.8. The Hall–Kier alpha value is -11.7. The summed E-state index contributed by atoms with van der Waals surface area (Å²) in [5, 5.41) is 119. The number of unbranched alkanes of at least 4 members (excludes halogenated alkanes) is 7. The Balaban J connectivity index is 0.990. The average molecular weight is 1550 g/mol. The Kier molecular flexibility index (Phi) is 23.4. The van der Waals surface area contributed by atoms with Crippen LogP contribution in [0.2, 0.25) is 10.0 Å². The summed E-state index contributed by atoms with van der Waals surface area (Å²) in [6.07, 6.45) is 7.06. The monoisotopic (exact) mass is 1550 g/mol. The van der Waals surface area contributed by atoms with Gasteiger partial charge in [0.25, 0.3) is 0 Å². The Morgan fingerprint density at radius 3 is 1.85 bits per heavy atom. The van der Waals surface area contributed by atoms with Crippen molar-refractivity contribution < 1.29 is 98.2 Å². The number of piperazine rings is 1. The number of rotatable bonds is 13. The predicted octanol–water partition coefficient (Wildman–Crippen LogP) is 9.79. The number of halogens is 2. The Morgan fingerprint density at radius 1 is 0.582 bits per heavy atom. The van der Waals surface area contributed by atoms with Gasteiger partial charge in [-0.2, -0.15) is 5.10 Å². The summed E-state index contributed by atoms with van der Waals surface area (Å²) in [5.74, 6) is -15.5. The molecule has 1 saturated heterocycles. The maximum atomic E-state index is 16.2. The number of amides is 7. The number of hydrazone groups is 1. The molecule has 0 spiro atoms. The Morgan fingerprint density at radius 2 is 1.18 bits per heavy atom. The van der Waals surface area contributed by atoms with E-state index in [-0.39, 0.29) is 78.5 Å². The fraction of sp³-hybridized carbons (Fsp3) is 0.346. The van der Waals surface area contributed by atoms with E-state index >= 15 is 24.0 Å². The normalized spacial score (nSPS) is 20.9. The van der Waals surface area contributed by atoms with Crippen LogP contribution < -0.4 is 51.4 Å². The minimum absolute atomic E-state index is 0.00950. The smallest absolute Gasteiger partial charge is 0.408 e. The molecule has 7 aliphatic rings. The van der Waals surface area contributed by atoms with Crippen molar-refractivity contribution in [1.82, 2.24) is 47.1 Å². The zero-order valence-corrected chi connectivity index (χ0v) is 61.6. The van der Waals surface area contributed by atoms with E-state index < -0.39 is 171 Å². The van der Waals surface area contributed by atoms with Crippen molar-refractivity contribution in [2.45, 2.75) is 146 Å². The lowest BCUT2D eigenvalue weighted by Gasteiger charge is -2.34. The van der Waals surface area contributed by atoms with E-state index in [1.165, 1.54) is 74.2 Å². The van der Waals surface area contributed by atoms with Crippen molar-refractivity contribution in [1.29, 1.82) is 0 Å². The quantitative estimate of drug-likeness (QED) is 0.0377. The number of carbonyl (C=O) groups excluding carboxylic acids is 7. The first-order chi connectivity index (χ1) is 52.5. The van der Waals surface area contributed by atoms with Crippen LogP contribution in [0.4, 0.5) is 4.79 Å². The number of carboxylic acid groups (broad SMARTS) is 1. The molecular formula is C78H82Cl2N10O20. The van der Waals surface area contributed by atoms with Gasteiger partial charge in [-0.25, -0.2) is 9.59 Å². The summed E-state index contributed by atoms with van der Waals surface area (Å²) in [7, 11) is 0. The number of hydrogen-bond acceptors (Lipinski definition) is 22. The Bertz CT molecular complexity index is 4810. The summed E-state index contributed by atoms with van der Waals surface area (Å²) in [6, 6.07) is 6.68. The number of aliphatic carboxylic acids is 1. The molecule has 1 unspecified atom stereocenters. The van der Waals surface area contributed by atoms with Gasteiger partial charge in [0.2, 0.25) is 41.2 Å². The highest BCUT2D eigenvalue weighted by molar-refractivity contribution is 6.32. The molecule has 1 fully saturated rings. The van der Waals surface area contributed by atoms with Gasteiger partial charge in [0.1, 0.15) is 88.2 Å². The van der Waals surface area contributed by atoms with E-state index in [0.29, 0.717) is 26.2 Å². The maximum Gasteiger partial charge on any atom is 0.408 e. The molecule has 7 heterocycles. The molecule has 7 aliphatic heterocycles. The lowest BCUT2D eigenvalue weighted by atomic mass is 9.88. The molecule has 0 aromatic heterocycles. The topological polar surface area (TPSA) is 438 Å². The Labute approximate surface area is 640 Å². The maximum absolute atomic E-state index is 16.2. The molecule has 0 aliphatic carbocycles. The SMILES string of the molecule is CCCCCCCCC/C=N/N1CCN(Cc2c(O)cc3c(c2O)-c2cc(ccc2O)[C@@H]2NC(=O)[C@H]4NC(=O)[C@H]5NC(=O)[C@H](Cc6ccc(c(Cl)c6)Oc6cc4cc(c6O)Oc4ccc(cc4Cl)C(O)[C@H](NC2=O)C(=O)N[C@@H]3C(=O)O)NC(=O)[C@@H](NC(=O)OC(C)(C)C)c2ccc(O)c(c2)Oc2cc(O)cc5c2)CC1. The number of phenolic OH excluding ortho intramolecular Hbond substituents is 6. The van der Waals surface area contributed by atoms with Gasteiger partial charge in [-0.05, 0) is 146 Å². The molecule has 32 heteroatoms. The summed E-state index contributed by atoms with van der Waals surface area (Å²) in [5.41, 5.74) is -3.52. The fourth-order valence-electron chi connectivity index (χ4n) is 13.6. The summed E-state index contributed by atoms with van der Waals surface area (Å²) >= 11 is 13.9. The van der Waals surface area contributed by atoms with Gasteiger partial charge >= 0.3 is 12.1 Å². The van der Waals surface area contributed by atoms with Gasteiger partial charge in [0.15, 0.2) is 29.0 Å². The second-order valence-electron chi connectivity index (χ2n) is 28.4. The molecule has 7 aromatic carbocycles. The van der Waals surface area contributed by atoms with Crippen LogP contribution in [0.15, 0.2) is 114 Å². The number of carbonyl (C=O) groups is 8. The van der Waals surface area contributed by atoms with Crippen LogP contribution in [-0.4, -0.2) is 148 Å². The summed E-state index contributed by atoms with van der Waals surface area (Å²) < 4.78 is 24.3. The fourth-order valence-corrected chi connectivity index (χ4v) is 14.1. The second-order valence-corrected chi connectivity index (χ2v) is 29.2.